The summed E-state index contributed by atoms with van der Waals surface area (Å²) in [4.78, 5) is 32.4. The molecule has 2 atom stereocenters. The highest BCUT2D eigenvalue weighted by atomic mass is 35.5. The van der Waals surface area contributed by atoms with Gasteiger partial charge in [0.1, 0.15) is 11.5 Å². The Bertz CT molecular complexity index is 1650. The van der Waals surface area contributed by atoms with Gasteiger partial charge in [0.15, 0.2) is 5.65 Å². The van der Waals surface area contributed by atoms with E-state index in [2.05, 4.69) is 10.3 Å². The van der Waals surface area contributed by atoms with E-state index in [1.54, 1.807) is 27.7 Å². The number of nitrogens with zero attached hydrogens (tertiary/aromatic N) is 4. The largest absolute Gasteiger partial charge is 0.388 e. The van der Waals surface area contributed by atoms with Crippen LogP contribution in [0.5, 0.6) is 0 Å². The second-order valence-electron chi connectivity index (χ2n) is 11.2. The summed E-state index contributed by atoms with van der Waals surface area (Å²) < 4.78 is 8.97. The van der Waals surface area contributed by atoms with Gasteiger partial charge in [-0.15, -0.1) is 0 Å². The molecule has 2 saturated heterocycles. The summed E-state index contributed by atoms with van der Waals surface area (Å²) >= 11 is 6.61. The highest BCUT2D eigenvalue weighted by Crippen LogP contribution is 2.28. The van der Waals surface area contributed by atoms with Gasteiger partial charge < -0.3 is 20.1 Å². The minimum Gasteiger partial charge on any atom is -0.388 e. The number of carbonyl (C=O) groups excluding carboxylic acids is 1. The third-order valence-electron chi connectivity index (χ3n) is 8.18. The summed E-state index contributed by atoms with van der Waals surface area (Å²) in [7, 11) is 0. The smallest absolute Gasteiger partial charge is 0.262 e. The number of carbonyl (C=O) groups is 1. The Morgan fingerprint density at radius 2 is 1.90 bits per heavy atom. The van der Waals surface area contributed by atoms with E-state index in [1.807, 2.05) is 61.5 Å². The summed E-state index contributed by atoms with van der Waals surface area (Å²) in [5, 5.41) is 15.6. The fourth-order valence-electron chi connectivity index (χ4n) is 5.66. The molecule has 0 radical (unpaired) electrons. The van der Waals surface area contributed by atoms with E-state index < -0.39 is 5.60 Å². The Balaban J connectivity index is 1.14. The number of morpholine rings is 1. The van der Waals surface area contributed by atoms with Gasteiger partial charge in [-0.25, -0.2) is 4.98 Å². The molecule has 0 bridgehead atoms. The van der Waals surface area contributed by atoms with Crippen LogP contribution in [-0.2, 0) is 16.1 Å². The second kappa shape index (κ2) is 11.9. The topological polar surface area (TPSA) is 102 Å². The number of aromatic nitrogens is 3. The molecule has 4 aromatic rings. The molecule has 218 valence electrons. The summed E-state index contributed by atoms with van der Waals surface area (Å²) in [5.41, 5.74) is 1.92. The number of halogens is 1. The predicted octanol–water partition coefficient (Wildman–Crippen LogP) is 3.96. The number of piperidine rings is 1. The lowest BCUT2D eigenvalue weighted by molar-refractivity contribution is -0.130. The zero-order valence-electron chi connectivity index (χ0n) is 23.4. The standard InChI is InChI=1S/C32H34ClN5O4/c1-22-18-34-27(19-42-22)24-8-10-25(11-9-24)38-28(33)17-26-30(38)35-21-37(31(26)40)20-32(41)13-15-36(16-14-32)29(39)12-7-23-5-3-2-4-6-23/h2-12,17,21-22,27,34,41H,13-16,18-20H2,1H3/t22-,27-/m0/s1. The van der Waals surface area contributed by atoms with Crippen LogP contribution in [-0.4, -0.2) is 68.0 Å². The maximum Gasteiger partial charge on any atom is 0.262 e. The molecular formula is C32H34ClN5O4. The highest BCUT2D eigenvalue weighted by molar-refractivity contribution is 6.31. The minimum absolute atomic E-state index is 0.0865. The van der Waals surface area contributed by atoms with Crippen LogP contribution in [0.3, 0.4) is 0 Å². The molecule has 42 heavy (non-hydrogen) atoms. The predicted molar refractivity (Wildman–Crippen MR) is 163 cm³/mol. The number of amides is 1. The molecule has 0 aliphatic carbocycles. The molecular weight excluding hydrogens is 554 g/mol. The summed E-state index contributed by atoms with van der Waals surface area (Å²) in [6, 6.07) is 19.4. The SMILES string of the molecule is C[C@H]1CN[C@H](c2ccc(-n3c(Cl)cc4c(=O)n(CC5(O)CCN(C(=O)C=Cc6ccccc6)CC5)cnc43)cc2)CO1. The molecule has 2 fully saturated rings. The van der Waals surface area contributed by atoms with Crippen LogP contribution >= 0.6 is 11.6 Å². The summed E-state index contributed by atoms with van der Waals surface area (Å²) in [6.07, 6.45) is 5.73. The lowest BCUT2D eigenvalue weighted by Gasteiger charge is -2.38. The molecule has 9 nitrogen and oxygen atoms in total. The Morgan fingerprint density at radius 1 is 1.17 bits per heavy atom. The molecule has 4 heterocycles. The number of ether oxygens (including phenoxy) is 1. The molecule has 0 spiro atoms. The van der Waals surface area contributed by atoms with Gasteiger partial charge in [0, 0.05) is 31.4 Å². The van der Waals surface area contributed by atoms with Gasteiger partial charge >= 0.3 is 0 Å². The van der Waals surface area contributed by atoms with Crippen molar-refractivity contribution in [1.29, 1.82) is 0 Å². The third-order valence-corrected chi connectivity index (χ3v) is 8.46. The van der Waals surface area contributed by atoms with Crippen molar-refractivity contribution in [2.24, 2.45) is 0 Å². The van der Waals surface area contributed by atoms with E-state index in [0.29, 0.717) is 48.7 Å². The van der Waals surface area contributed by atoms with E-state index in [0.717, 1.165) is 23.4 Å². The van der Waals surface area contributed by atoms with Gasteiger partial charge in [0.25, 0.3) is 5.56 Å². The lowest BCUT2D eigenvalue weighted by Crippen LogP contribution is -2.49. The van der Waals surface area contributed by atoms with Crippen molar-refractivity contribution >= 4 is 34.6 Å². The first kappa shape index (κ1) is 28.4. The van der Waals surface area contributed by atoms with Crippen molar-refractivity contribution in [3.05, 3.63) is 99.7 Å². The Kier molecular flexibility index (Phi) is 8.00. The van der Waals surface area contributed by atoms with Crippen molar-refractivity contribution in [1.82, 2.24) is 24.3 Å². The van der Waals surface area contributed by atoms with E-state index in [9.17, 15) is 14.7 Å². The van der Waals surface area contributed by atoms with Gasteiger partial charge in [0.2, 0.25) is 5.91 Å². The molecule has 2 aliphatic heterocycles. The molecule has 2 aliphatic rings. The van der Waals surface area contributed by atoms with Gasteiger partial charge in [-0.2, -0.15) is 0 Å². The molecule has 1 amide bonds. The Morgan fingerprint density at radius 3 is 2.60 bits per heavy atom. The first-order valence-electron chi connectivity index (χ1n) is 14.3. The average molecular weight is 588 g/mol. The summed E-state index contributed by atoms with van der Waals surface area (Å²) in [5.74, 6) is -0.0943. The second-order valence-corrected chi connectivity index (χ2v) is 11.6. The number of hydrogen-bond acceptors (Lipinski definition) is 6. The van der Waals surface area contributed by atoms with Gasteiger partial charge in [-0.05, 0) is 55.2 Å². The minimum atomic E-state index is -1.13. The van der Waals surface area contributed by atoms with Crippen LogP contribution in [0, 0.1) is 0 Å². The van der Waals surface area contributed by atoms with Crippen LogP contribution in [0.4, 0.5) is 0 Å². The first-order chi connectivity index (χ1) is 20.3. The number of aliphatic hydroxyl groups is 1. The lowest BCUT2D eigenvalue weighted by atomic mass is 9.91. The molecule has 10 heteroatoms. The molecule has 2 N–H and O–H groups in total. The molecule has 2 aromatic heterocycles. The summed E-state index contributed by atoms with van der Waals surface area (Å²) in [6.45, 7) is 4.35. The van der Waals surface area contributed by atoms with Crippen LogP contribution in [0.2, 0.25) is 5.15 Å². The monoisotopic (exact) mass is 587 g/mol. The number of fused-ring (bicyclic) bond motifs is 1. The van der Waals surface area contributed by atoms with Crippen molar-refractivity contribution < 1.29 is 14.6 Å². The maximum absolute atomic E-state index is 13.5. The van der Waals surface area contributed by atoms with Crippen LogP contribution in [0.1, 0.15) is 36.9 Å². The number of likely N-dealkylation sites (tertiary alicyclic amines) is 1. The normalized spacial score (nSPS) is 20.8. The first-order valence-corrected chi connectivity index (χ1v) is 14.6. The molecule has 0 saturated carbocycles. The molecule has 6 rings (SSSR count). The molecule has 2 aromatic carbocycles. The van der Waals surface area contributed by atoms with E-state index in [1.165, 1.54) is 10.9 Å². The maximum atomic E-state index is 13.5. The van der Waals surface area contributed by atoms with Crippen molar-refractivity contribution in [3.63, 3.8) is 0 Å². The highest BCUT2D eigenvalue weighted by Gasteiger charge is 2.34. The number of rotatable bonds is 6. The number of hydrogen-bond donors (Lipinski definition) is 2. The third kappa shape index (κ3) is 5.91. The average Bonchev–Trinajstić information content (AvgIpc) is 3.35. The van der Waals surface area contributed by atoms with E-state index in [4.69, 9.17) is 16.3 Å². The van der Waals surface area contributed by atoms with Crippen molar-refractivity contribution in [3.8, 4) is 5.69 Å². The quantitative estimate of drug-likeness (QED) is 0.331. The Hall–Kier alpha value is -3.76. The van der Waals surface area contributed by atoms with Gasteiger partial charge in [0.05, 0.1) is 36.3 Å². The van der Waals surface area contributed by atoms with Gasteiger partial charge in [-0.3, -0.25) is 18.7 Å². The zero-order chi connectivity index (χ0) is 29.3. The number of benzene rings is 2. The zero-order valence-corrected chi connectivity index (χ0v) is 24.2. The van der Waals surface area contributed by atoms with Gasteiger partial charge in [-0.1, -0.05) is 54.1 Å². The fourth-order valence-corrected chi connectivity index (χ4v) is 5.94. The van der Waals surface area contributed by atoms with E-state index >= 15 is 0 Å². The number of nitrogens with one attached hydrogen (secondary N) is 1. The van der Waals surface area contributed by atoms with Crippen LogP contribution in [0.15, 0.2) is 77.9 Å². The van der Waals surface area contributed by atoms with Crippen molar-refractivity contribution in [2.75, 3.05) is 26.2 Å². The van der Waals surface area contributed by atoms with E-state index in [-0.39, 0.29) is 30.2 Å². The fraction of sp³-hybridized carbons (Fsp3) is 0.344. The van der Waals surface area contributed by atoms with Crippen LogP contribution in [0.25, 0.3) is 22.8 Å². The van der Waals surface area contributed by atoms with Crippen molar-refractivity contribution in [2.45, 2.75) is 44.1 Å². The van der Waals surface area contributed by atoms with Crippen LogP contribution < -0.4 is 10.9 Å². The Labute approximate surface area is 249 Å². The molecule has 0 unspecified atom stereocenters.